The van der Waals surface area contributed by atoms with E-state index in [0.29, 0.717) is 24.8 Å². The summed E-state index contributed by atoms with van der Waals surface area (Å²) < 4.78 is 5.25. The Morgan fingerprint density at radius 1 is 1.30 bits per heavy atom. The molecule has 4 aliphatic rings. The number of nitrogens with one attached hydrogen (secondary N) is 2. The zero-order chi connectivity index (χ0) is 18.7. The summed E-state index contributed by atoms with van der Waals surface area (Å²) in [5.41, 5.74) is 0.136. The fourth-order valence-corrected chi connectivity index (χ4v) is 4.70. The maximum absolute atomic E-state index is 12.7. The van der Waals surface area contributed by atoms with Gasteiger partial charge in [0, 0.05) is 39.2 Å². The molecular weight excluding hydrogens is 344 g/mol. The van der Waals surface area contributed by atoms with Crippen LogP contribution >= 0.6 is 0 Å². The van der Waals surface area contributed by atoms with Crippen LogP contribution < -0.4 is 10.6 Å². The number of methoxy groups -OCH3 is 1. The van der Waals surface area contributed by atoms with Crippen molar-refractivity contribution in [3.63, 3.8) is 0 Å². The summed E-state index contributed by atoms with van der Waals surface area (Å²) in [5, 5.41) is 11.2. The standard InChI is InChI=1S/C20H34N4O3/c1-26-11-10-24-9-8-18(21-13-15-6-7-15)20(14-24)12-17(23-27-20)19(25)22-16-4-2-3-5-16/h15-16,18,21H,2-14H2,1H3,(H,22,25)/t18-,20-/m1/s1. The molecule has 152 valence electrons. The molecule has 27 heavy (non-hydrogen) atoms. The highest BCUT2D eigenvalue weighted by Crippen LogP contribution is 2.35. The highest BCUT2D eigenvalue weighted by atomic mass is 16.7. The molecule has 1 saturated heterocycles. The molecule has 7 nitrogen and oxygen atoms in total. The molecule has 0 aromatic carbocycles. The second-order valence-corrected chi connectivity index (χ2v) is 8.79. The Morgan fingerprint density at radius 2 is 2.11 bits per heavy atom. The first kappa shape index (κ1) is 19.2. The SMILES string of the molecule is COCCN1CC[C@@H](NCC2CC2)[C@@]2(CC(C(=O)NC3CCCC3)=NO2)C1. The lowest BCUT2D eigenvalue weighted by atomic mass is 9.83. The van der Waals surface area contributed by atoms with E-state index >= 15 is 0 Å². The van der Waals surface area contributed by atoms with Gasteiger partial charge in [-0.3, -0.25) is 9.69 Å². The molecule has 1 amide bonds. The first-order valence-electron chi connectivity index (χ1n) is 10.7. The number of oxime groups is 1. The van der Waals surface area contributed by atoms with Crippen LogP contribution in [-0.2, 0) is 14.4 Å². The van der Waals surface area contributed by atoms with Crippen molar-refractivity contribution in [2.45, 2.75) is 69.1 Å². The summed E-state index contributed by atoms with van der Waals surface area (Å²) >= 11 is 0. The number of likely N-dealkylation sites (tertiary alicyclic amines) is 1. The number of nitrogens with zero attached hydrogens (tertiary/aromatic N) is 2. The van der Waals surface area contributed by atoms with Gasteiger partial charge < -0.3 is 20.2 Å². The van der Waals surface area contributed by atoms with Gasteiger partial charge in [0.05, 0.1) is 12.6 Å². The molecule has 2 aliphatic carbocycles. The van der Waals surface area contributed by atoms with Crippen molar-refractivity contribution >= 4 is 11.6 Å². The van der Waals surface area contributed by atoms with E-state index in [4.69, 9.17) is 9.57 Å². The predicted molar refractivity (Wildman–Crippen MR) is 104 cm³/mol. The third-order valence-corrected chi connectivity index (χ3v) is 6.58. The third-order valence-electron chi connectivity index (χ3n) is 6.58. The lowest BCUT2D eigenvalue weighted by molar-refractivity contribution is -0.115. The zero-order valence-corrected chi connectivity index (χ0v) is 16.5. The number of ether oxygens (including phenoxy) is 1. The van der Waals surface area contributed by atoms with Gasteiger partial charge in [0.2, 0.25) is 0 Å². The maximum Gasteiger partial charge on any atom is 0.269 e. The number of hydrogen-bond acceptors (Lipinski definition) is 6. The molecule has 2 heterocycles. The minimum absolute atomic E-state index is 0.0336. The Morgan fingerprint density at radius 3 is 2.85 bits per heavy atom. The first-order valence-corrected chi connectivity index (χ1v) is 10.7. The number of amides is 1. The fraction of sp³-hybridized carbons (Fsp3) is 0.900. The van der Waals surface area contributed by atoms with Crippen LogP contribution in [0.2, 0.25) is 0 Å². The summed E-state index contributed by atoms with van der Waals surface area (Å²) in [6.07, 6.45) is 8.86. The molecule has 0 aromatic rings. The van der Waals surface area contributed by atoms with Crippen LogP contribution in [0.25, 0.3) is 0 Å². The second-order valence-electron chi connectivity index (χ2n) is 8.79. The Kier molecular flexibility index (Phi) is 5.99. The largest absolute Gasteiger partial charge is 0.385 e. The molecular formula is C20H34N4O3. The lowest BCUT2D eigenvalue weighted by Crippen LogP contribution is -2.62. The minimum atomic E-state index is -0.427. The third kappa shape index (κ3) is 4.63. The zero-order valence-electron chi connectivity index (χ0n) is 16.5. The maximum atomic E-state index is 12.7. The van der Waals surface area contributed by atoms with Gasteiger partial charge in [0.25, 0.3) is 5.91 Å². The molecule has 3 fully saturated rings. The van der Waals surface area contributed by atoms with Crippen LogP contribution in [0, 0.1) is 5.92 Å². The molecule has 2 aliphatic heterocycles. The number of hydrogen-bond donors (Lipinski definition) is 2. The highest BCUT2D eigenvalue weighted by molar-refractivity contribution is 6.39. The Bertz CT molecular complexity index is 559. The topological polar surface area (TPSA) is 75.2 Å². The van der Waals surface area contributed by atoms with E-state index in [0.717, 1.165) is 51.4 Å². The van der Waals surface area contributed by atoms with Gasteiger partial charge in [0.15, 0.2) is 5.60 Å². The molecule has 0 radical (unpaired) electrons. The number of carbonyl (C=O) groups excluding carboxylic acids is 1. The molecule has 2 N–H and O–H groups in total. The molecule has 4 rings (SSSR count). The van der Waals surface area contributed by atoms with E-state index < -0.39 is 5.60 Å². The summed E-state index contributed by atoms with van der Waals surface area (Å²) in [6, 6.07) is 0.558. The predicted octanol–water partition coefficient (Wildman–Crippen LogP) is 1.28. The summed E-state index contributed by atoms with van der Waals surface area (Å²) in [5.74, 6) is 0.787. The molecule has 2 atom stereocenters. The molecule has 7 heteroatoms. The van der Waals surface area contributed by atoms with E-state index in [9.17, 15) is 4.79 Å². The van der Waals surface area contributed by atoms with Gasteiger partial charge in [-0.25, -0.2) is 0 Å². The van der Waals surface area contributed by atoms with Gasteiger partial charge in [-0.2, -0.15) is 0 Å². The van der Waals surface area contributed by atoms with Gasteiger partial charge in [-0.15, -0.1) is 0 Å². The van der Waals surface area contributed by atoms with Crippen LogP contribution in [0.15, 0.2) is 5.16 Å². The lowest BCUT2D eigenvalue weighted by Gasteiger charge is -2.44. The Labute approximate surface area is 162 Å². The Balaban J connectivity index is 1.38. The van der Waals surface area contributed by atoms with E-state index in [-0.39, 0.29) is 11.9 Å². The van der Waals surface area contributed by atoms with Gasteiger partial charge >= 0.3 is 0 Å². The van der Waals surface area contributed by atoms with Gasteiger partial charge in [-0.05, 0) is 44.6 Å². The average molecular weight is 379 g/mol. The number of rotatable bonds is 8. The van der Waals surface area contributed by atoms with Gasteiger partial charge in [0.1, 0.15) is 5.71 Å². The monoisotopic (exact) mass is 378 g/mol. The first-order chi connectivity index (χ1) is 13.2. The van der Waals surface area contributed by atoms with E-state index in [1.165, 1.54) is 25.7 Å². The molecule has 0 unspecified atom stereocenters. The Hall–Kier alpha value is -1.18. The van der Waals surface area contributed by atoms with Crippen LogP contribution in [0.3, 0.4) is 0 Å². The van der Waals surface area contributed by atoms with Crippen molar-refractivity contribution in [1.29, 1.82) is 0 Å². The van der Waals surface area contributed by atoms with Crippen LogP contribution in [0.4, 0.5) is 0 Å². The van der Waals surface area contributed by atoms with E-state index in [1.807, 2.05) is 0 Å². The van der Waals surface area contributed by atoms with Crippen molar-refractivity contribution < 1.29 is 14.4 Å². The minimum Gasteiger partial charge on any atom is -0.385 e. The molecule has 0 bridgehead atoms. The fourth-order valence-electron chi connectivity index (χ4n) is 4.70. The molecule has 0 aromatic heterocycles. The summed E-state index contributed by atoms with van der Waals surface area (Å²) in [7, 11) is 1.74. The number of carbonyl (C=O) groups is 1. The van der Waals surface area contributed by atoms with Crippen LogP contribution in [0.1, 0.15) is 51.4 Å². The highest BCUT2D eigenvalue weighted by Gasteiger charge is 2.51. The molecule has 1 spiro atoms. The smallest absolute Gasteiger partial charge is 0.269 e. The molecule has 2 saturated carbocycles. The van der Waals surface area contributed by atoms with Crippen LogP contribution in [0.5, 0.6) is 0 Å². The van der Waals surface area contributed by atoms with Crippen molar-refractivity contribution in [2.75, 3.05) is 39.9 Å². The summed E-state index contributed by atoms with van der Waals surface area (Å²) in [4.78, 5) is 21.1. The van der Waals surface area contributed by atoms with Crippen molar-refractivity contribution in [2.24, 2.45) is 11.1 Å². The number of piperidine rings is 1. The van der Waals surface area contributed by atoms with Gasteiger partial charge in [-0.1, -0.05) is 18.0 Å². The van der Waals surface area contributed by atoms with Crippen molar-refractivity contribution in [3.05, 3.63) is 0 Å². The van der Waals surface area contributed by atoms with Crippen LogP contribution in [-0.4, -0.2) is 74.1 Å². The van der Waals surface area contributed by atoms with E-state index in [1.54, 1.807) is 7.11 Å². The normalized spacial score (nSPS) is 31.9. The van der Waals surface area contributed by atoms with E-state index in [2.05, 4.69) is 20.7 Å². The van der Waals surface area contributed by atoms with Crippen molar-refractivity contribution in [3.8, 4) is 0 Å². The quantitative estimate of drug-likeness (QED) is 0.666. The summed E-state index contributed by atoms with van der Waals surface area (Å²) in [6.45, 7) is 4.48. The van der Waals surface area contributed by atoms with Crippen molar-refractivity contribution in [1.82, 2.24) is 15.5 Å². The second kappa shape index (κ2) is 8.45. The average Bonchev–Trinajstić information content (AvgIpc) is 3.18.